The van der Waals surface area contributed by atoms with E-state index in [1.807, 2.05) is 12.1 Å². The molecule has 318 valence electrons. The molecule has 0 aliphatic carbocycles. The fraction of sp³-hybridized carbons (Fsp3) is 0. The molecule has 0 spiro atoms. The zero-order valence-electron chi connectivity index (χ0n) is 37.0. The van der Waals surface area contributed by atoms with Gasteiger partial charge >= 0.3 is 0 Å². The third-order valence-corrected chi connectivity index (χ3v) is 13.3. The van der Waals surface area contributed by atoms with Gasteiger partial charge in [0.1, 0.15) is 0 Å². The number of hydrogen-bond donors (Lipinski definition) is 0. The average Bonchev–Trinajstić information content (AvgIpc) is 3.74. The minimum absolute atomic E-state index is 0.704. The van der Waals surface area contributed by atoms with Gasteiger partial charge in [-0.25, -0.2) is 9.97 Å². The molecule has 0 N–H and O–H groups in total. The third kappa shape index (κ3) is 6.86. The Morgan fingerprint density at radius 3 is 1.65 bits per heavy atom. The van der Waals surface area contributed by atoms with Crippen molar-refractivity contribution in [3.8, 4) is 50.6 Å². The molecule has 2 heterocycles. The Balaban J connectivity index is 0.890. The number of benzene rings is 11. The van der Waals surface area contributed by atoms with Crippen LogP contribution in [0.1, 0.15) is 0 Å². The molecule has 0 saturated carbocycles. The summed E-state index contributed by atoms with van der Waals surface area (Å²) in [5.41, 5.74) is 15.2. The summed E-state index contributed by atoms with van der Waals surface area (Å²) in [7, 11) is 0. The maximum atomic E-state index is 5.23. The number of hydrogen-bond acceptors (Lipinski definition) is 3. The van der Waals surface area contributed by atoms with Crippen LogP contribution in [0.5, 0.6) is 0 Å². The van der Waals surface area contributed by atoms with Crippen LogP contribution in [-0.4, -0.2) is 14.5 Å². The highest BCUT2D eigenvalue weighted by molar-refractivity contribution is 6.11. The van der Waals surface area contributed by atoms with Crippen molar-refractivity contribution in [2.24, 2.45) is 0 Å². The van der Waals surface area contributed by atoms with Crippen LogP contribution in [0.2, 0.25) is 0 Å². The molecule has 0 saturated heterocycles. The van der Waals surface area contributed by atoms with Gasteiger partial charge in [0, 0.05) is 49.7 Å². The Morgan fingerprint density at radius 2 is 0.868 bits per heavy atom. The highest BCUT2D eigenvalue weighted by Gasteiger charge is 2.19. The van der Waals surface area contributed by atoms with Crippen molar-refractivity contribution >= 4 is 71.3 Å². The molecule has 2 aromatic heterocycles. The molecule has 4 nitrogen and oxygen atoms in total. The fourth-order valence-electron chi connectivity index (χ4n) is 10.0. The van der Waals surface area contributed by atoms with Crippen molar-refractivity contribution in [3.63, 3.8) is 0 Å². The second kappa shape index (κ2) is 16.4. The lowest BCUT2D eigenvalue weighted by Crippen LogP contribution is -2.10. The zero-order chi connectivity index (χ0) is 45.0. The van der Waals surface area contributed by atoms with E-state index in [0.29, 0.717) is 5.82 Å². The van der Waals surface area contributed by atoms with Crippen LogP contribution in [0, 0.1) is 0 Å². The molecule has 0 aliphatic rings. The smallest absolute Gasteiger partial charge is 0.160 e. The lowest BCUT2D eigenvalue weighted by molar-refractivity contribution is 1.18. The van der Waals surface area contributed by atoms with E-state index in [-0.39, 0.29) is 0 Å². The first-order chi connectivity index (χ1) is 33.7. The number of nitrogens with zero attached hydrogens (tertiary/aromatic N) is 4. The van der Waals surface area contributed by atoms with E-state index < -0.39 is 0 Å². The second-order valence-corrected chi connectivity index (χ2v) is 17.4. The summed E-state index contributed by atoms with van der Waals surface area (Å²) in [6.07, 6.45) is 0. The van der Waals surface area contributed by atoms with Crippen molar-refractivity contribution in [2.45, 2.75) is 0 Å². The van der Waals surface area contributed by atoms with Gasteiger partial charge in [-0.1, -0.05) is 194 Å². The summed E-state index contributed by atoms with van der Waals surface area (Å²) in [6, 6.07) is 91.3. The molecular formula is C64H42N4. The van der Waals surface area contributed by atoms with Crippen molar-refractivity contribution in [1.82, 2.24) is 14.5 Å². The Hall–Kier alpha value is -9.12. The Bertz CT molecular complexity index is 4020. The molecule has 13 rings (SSSR count). The monoisotopic (exact) mass is 866 g/mol. The molecule has 11 aromatic carbocycles. The fourth-order valence-corrected chi connectivity index (χ4v) is 10.0. The first-order valence-corrected chi connectivity index (χ1v) is 23.1. The molecule has 0 bridgehead atoms. The highest BCUT2D eigenvalue weighted by Crippen LogP contribution is 2.42. The maximum absolute atomic E-state index is 5.23. The molecule has 13 aromatic rings. The number of rotatable bonds is 8. The maximum Gasteiger partial charge on any atom is 0.160 e. The molecular weight excluding hydrogens is 825 g/mol. The van der Waals surface area contributed by atoms with Crippen LogP contribution in [-0.2, 0) is 0 Å². The summed E-state index contributed by atoms with van der Waals surface area (Å²) in [5, 5.41) is 8.26. The lowest BCUT2D eigenvalue weighted by atomic mass is 9.98. The normalized spacial score (nSPS) is 11.5. The SMILES string of the molecule is c1ccc(-c2nc(-c3ccc4c5ccc(-c6ccc(-c7cccc(N(c8ccc9ccccc9c8)c8cccc9ccccc89)c7)cc6)cc5n(-c5ccccc5)c4c3)nc3ccccc23)cc1. The standard InChI is InChI=1S/C64H42N4/c1-3-17-47(18-4-1)63-58-26-11-12-27-59(58)65-64(66-63)51-35-38-57-56-37-34-50(41-61(56)68(62(57)42-51)52-22-5-2-6-23-52)45-31-29-44(30-32-45)49-21-13-24-53(39-49)67(54-36-33-43-15-7-8-19-48(43)40-54)60-28-14-20-46-16-9-10-25-55(46)60/h1-42H. The van der Waals surface area contributed by atoms with E-state index in [4.69, 9.17) is 9.97 Å². The summed E-state index contributed by atoms with van der Waals surface area (Å²) < 4.78 is 2.38. The third-order valence-electron chi connectivity index (χ3n) is 13.3. The van der Waals surface area contributed by atoms with Gasteiger partial charge in [0.2, 0.25) is 0 Å². The predicted molar refractivity (Wildman–Crippen MR) is 285 cm³/mol. The largest absolute Gasteiger partial charge is 0.310 e. The summed E-state index contributed by atoms with van der Waals surface area (Å²) in [4.78, 5) is 12.7. The van der Waals surface area contributed by atoms with Gasteiger partial charge in [-0.05, 0) is 99.1 Å². The van der Waals surface area contributed by atoms with E-state index >= 15 is 0 Å². The minimum atomic E-state index is 0.704. The summed E-state index contributed by atoms with van der Waals surface area (Å²) in [6.45, 7) is 0. The Labute approximate surface area is 394 Å². The first-order valence-electron chi connectivity index (χ1n) is 23.1. The van der Waals surface area contributed by atoms with Gasteiger partial charge in [-0.2, -0.15) is 0 Å². The van der Waals surface area contributed by atoms with Gasteiger partial charge in [0.15, 0.2) is 5.82 Å². The van der Waals surface area contributed by atoms with Crippen LogP contribution >= 0.6 is 0 Å². The van der Waals surface area contributed by atoms with Gasteiger partial charge < -0.3 is 9.47 Å². The zero-order valence-corrected chi connectivity index (χ0v) is 37.0. The molecule has 0 radical (unpaired) electrons. The van der Waals surface area contributed by atoms with Crippen LogP contribution in [0.4, 0.5) is 17.1 Å². The van der Waals surface area contributed by atoms with Crippen molar-refractivity contribution in [1.29, 1.82) is 0 Å². The van der Waals surface area contributed by atoms with Gasteiger partial charge in [-0.3, -0.25) is 0 Å². The molecule has 68 heavy (non-hydrogen) atoms. The Kier molecular flexibility index (Phi) is 9.47. The number of para-hydroxylation sites is 2. The van der Waals surface area contributed by atoms with Crippen LogP contribution in [0.25, 0.3) is 105 Å². The quantitative estimate of drug-likeness (QED) is 0.153. The molecule has 0 aliphatic heterocycles. The van der Waals surface area contributed by atoms with Crippen LogP contribution in [0.15, 0.2) is 255 Å². The average molecular weight is 867 g/mol. The van der Waals surface area contributed by atoms with Crippen molar-refractivity contribution in [2.75, 3.05) is 4.90 Å². The number of aromatic nitrogens is 3. The molecule has 4 heteroatoms. The first kappa shape index (κ1) is 39.3. The van der Waals surface area contributed by atoms with Crippen molar-refractivity contribution in [3.05, 3.63) is 255 Å². The lowest BCUT2D eigenvalue weighted by Gasteiger charge is -2.27. The van der Waals surface area contributed by atoms with Gasteiger partial charge in [0.05, 0.1) is 27.9 Å². The topological polar surface area (TPSA) is 34.0 Å². The molecule has 0 fully saturated rings. The number of fused-ring (bicyclic) bond motifs is 6. The Morgan fingerprint density at radius 1 is 0.309 bits per heavy atom. The minimum Gasteiger partial charge on any atom is -0.310 e. The molecule has 0 amide bonds. The molecule has 0 atom stereocenters. The van der Waals surface area contributed by atoms with Gasteiger partial charge in [0.25, 0.3) is 0 Å². The summed E-state index contributed by atoms with van der Waals surface area (Å²) >= 11 is 0. The van der Waals surface area contributed by atoms with Gasteiger partial charge in [-0.15, -0.1) is 0 Å². The van der Waals surface area contributed by atoms with E-state index in [0.717, 1.165) is 83.8 Å². The van der Waals surface area contributed by atoms with E-state index in [2.05, 4.69) is 252 Å². The predicted octanol–water partition coefficient (Wildman–Crippen LogP) is 17.2. The van der Waals surface area contributed by atoms with Crippen molar-refractivity contribution < 1.29 is 0 Å². The van der Waals surface area contributed by atoms with E-state index in [1.165, 1.54) is 32.3 Å². The van der Waals surface area contributed by atoms with E-state index in [9.17, 15) is 0 Å². The number of anilines is 3. The summed E-state index contributed by atoms with van der Waals surface area (Å²) in [5.74, 6) is 0.704. The van der Waals surface area contributed by atoms with E-state index in [1.54, 1.807) is 0 Å². The second-order valence-electron chi connectivity index (χ2n) is 17.4. The highest BCUT2D eigenvalue weighted by atomic mass is 15.1. The molecule has 0 unspecified atom stereocenters. The van der Waals surface area contributed by atoms with Crippen LogP contribution < -0.4 is 4.90 Å². The van der Waals surface area contributed by atoms with Crippen LogP contribution in [0.3, 0.4) is 0 Å².